The number of esters is 1. The molecule has 2 N–H and O–H groups in total. The summed E-state index contributed by atoms with van der Waals surface area (Å²) >= 11 is 0. The van der Waals surface area contributed by atoms with Crippen LogP contribution < -0.4 is 10.9 Å². The van der Waals surface area contributed by atoms with E-state index in [1.807, 2.05) is 0 Å². The van der Waals surface area contributed by atoms with Crippen molar-refractivity contribution < 1.29 is 19.1 Å². The van der Waals surface area contributed by atoms with Crippen molar-refractivity contribution in [3.05, 3.63) is 0 Å². The first-order valence-electron chi connectivity index (χ1n) is 6.12. The number of carbonyl (C=O) groups excluding carboxylic acids is 3. The van der Waals surface area contributed by atoms with E-state index in [2.05, 4.69) is 20.6 Å². The van der Waals surface area contributed by atoms with Gasteiger partial charge in [-0.25, -0.2) is 15.8 Å². The molecule has 0 aromatic carbocycles. The van der Waals surface area contributed by atoms with Gasteiger partial charge in [0.2, 0.25) is 5.91 Å². The Bertz CT molecular complexity index is 489. The van der Waals surface area contributed by atoms with Crippen molar-refractivity contribution in [3.8, 4) is 0 Å². The number of rotatable bonds is 1. The highest BCUT2D eigenvalue weighted by Gasteiger charge is 2.48. The van der Waals surface area contributed by atoms with E-state index < -0.39 is 24.1 Å². The molecule has 0 spiro atoms. The molecule has 1 saturated carbocycles. The molecule has 2 fully saturated rings. The number of carbonyl (C=O) groups is 3. The monoisotopic (exact) mass is 266 g/mol. The van der Waals surface area contributed by atoms with Crippen LogP contribution in [0.2, 0.25) is 0 Å². The Hall–Kier alpha value is -1.80. The lowest BCUT2D eigenvalue weighted by Gasteiger charge is -2.35. The summed E-state index contributed by atoms with van der Waals surface area (Å²) in [6.45, 7) is 0.366. The SMILES string of the molecule is COC(=O)[C@@H]1CC[C@@H]2C(=O)N3CNN[C@H]3N=C2C1=O. The summed E-state index contributed by atoms with van der Waals surface area (Å²) < 4.78 is 4.62. The summed E-state index contributed by atoms with van der Waals surface area (Å²) in [6, 6.07) is 0. The summed E-state index contributed by atoms with van der Waals surface area (Å²) in [5.74, 6) is -2.41. The van der Waals surface area contributed by atoms with E-state index in [0.29, 0.717) is 19.5 Å². The first-order valence-corrected chi connectivity index (χ1v) is 6.12. The molecule has 1 saturated heterocycles. The Kier molecular flexibility index (Phi) is 2.83. The summed E-state index contributed by atoms with van der Waals surface area (Å²) in [7, 11) is 1.25. The molecule has 1 amide bonds. The molecule has 3 aliphatic rings. The minimum absolute atomic E-state index is 0.121. The van der Waals surface area contributed by atoms with Crippen LogP contribution in [0.15, 0.2) is 4.99 Å². The molecule has 8 nitrogen and oxygen atoms in total. The van der Waals surface area contributed by atoms with Gasteiger partial charge in [-0.1, -0.05) is 0 Å². The van der Waals surface area contributed by atoms with E-state index >= 15 is 0 Å². The highest BCUT2D eigenvalue weighted by Crippen LogP contribution is 2.30. The lowest BCUT2D eigenvalue weighted by Crippen LogP contribution is -2.54. The molecule has 8 heteroatoms. The molecule has 2 aliphatic heterocycles. The van der Waals surface area contributed by atoms with Crippen LogP contribution in [0.5, 0.6) is 0 Å². The minimum atomic E-state index is -0.825. The van der Waals surface area contributed by atoms with Crippen LogP contribution >= 0.6 is 0 Å². The number of hydrogen-bond acceptors (Lipinski definition) is 7. The van der Waals surface area contributed by atoms with Gasteiger partial charge in [-0.05, 0) is 12.8 Å². The zero-order valence-electron chi connectivity index (χ0n) is 10.4. The smallest absolute Gasteiger partial charge is 0.316 e. The molecular weight excluding hydrogens is 252 g/mol. The fraction of sp³-hybridized carbons (Fsp3) is 0.636. The van der Waals surface area contributed by atoms with Crippen LogP contribution in [0.3, 0.4) is 0 Å². The number of ether oxygens (including phenoxy) is 1. The van der Waals surface area contributed by atoms with Gasteiger partial charge in [0.1, 0.15) is 5.92 Å². The number of fused-ring (bicyclic) bond motifs is 2. The molecule has 19 heavy (non-hydrogen) atoms. The second kappa shape index (κ2) is 4.39. The molecule has 0 radical (unpaired) electrons. The molecule has 0 unspecified atom stereocenters. The molecule has 2 heterocycles. The lowest BCUT2D eigenvalue weighted by atomic mass is 9.78. The Morgan fingerprint density at radius 1 is 1.42 bits per heavy atom. The number of ketones is 1. The molecular formula is C11H14N4O4. The van der Waals surface area contributed by atoms with E-state index in [1.165, 1.54) is 7.11 Å². The largest absolute Gasteiger partial charge is 0.468 e. The second-order valence-electron chi connectivity index (χ2n) is 4.75. The van der Waals surface area contributed by atoms with Crippen LogP contribution in [0.25, 0.3) is 0 Å². The first-order chi connectivity index (χ1) is 9.13. The van der Waals surface area contributed by atoms with Crippen LogP contribution in [0, 0.1) is 11.8 Å². The topological polar surface area (TPSA) is 100 Å². The Labute approximate surface area is 109 Å². The van der Waals surface area contributed by atoms with Crippen LogP contribution in [0.1, 0.15) is 12.8 Å². The molecule has 0 aromatic rings. The third kappa shape index (κ3) is 1.75. The van der Waals surface area contributed by atoms with E-state index in [0.717, 1.165) is 0 Å². The van der Waals surface area contributed by atoms with Gasteiger partial charge in [0.25, 0.3) is 0 Å². The van der Waals surface area contributed by atoms with Crippen LogP contribution in [-0.4, -0.2) is 48.3 Å². The van der Waals surface area contributed by atoms with Gasteiger partial charge in [-0.3, -0.25) is 19.3 Å². The summed E-state index contributed by atoms with van der Waals surface area (Å²) in [6.07, 6.45) is 0.228. The van der Waals surface area contributed by atoms with Gasteiger partial charge < -0.3 is 4.74 Å². The van der Waals surface area contributed by atoms with Crippen molar-refractivity contribution in [2.75, 3.05) is 13.8 Å². The maximum atomic E-state index is 12.2. The molecule has 1 aliphatic carbocycles. The predicted octanol–water partition coefficient (Wildman–Crippen LogP) is -1.61. The van der Waals surface area contributed by atoms with Crippen LogP contribution in [-0.2, 0) is 19.1 Å². The Morgan fingerprint density at radius 3 is 2.95 bits per heavy atom. The quantitative estimate of drug-likeness (QED) is 0.437. The van der Waals surface area contributed by atoms with Crippen molar-refractivity contribution >= 4 is 23.4 Å². The van der Waals surface area contributed by atoms with E-state index in [9.17, 15) is 14.4 Å². The van der Waals surface area contributed by atoms with E-state index in [4.69, 9.17) is 0 Å². The third-order valence-corrected chi connectivity index (χ3v) is 3.75. The number of hydrogen-bond donors (Lipinski definition) is 2. The van der Waals surface area contributed by atoms with Gasteiger partial charge >= 0.3 is 5.97 Å². The molecule has 3 atom stereocenters. The van der Waals surface area contributed by atoms with Crippen molar-refractivity contribution in [1.29, 1.82) is 0 Å². The van der Waals surface area contributed by atoms with E-state index in [1.54, 1.807) is 4.90 Å². The molecule has 0 aromatic heterocycles. The zero-order valence-corrected chi connectivity index (χ0v) is 10.4. The number of nitrogens with zero attached hydrogens (tertiary/aromatic N) is 2. The zero-order chi connectivity index (χ0) is 13.6. The second-order valence-corrected chi connectivity index (χ2v) is 4.75. The predicted molar refractivity (Wildman–Crippen MR) is 62.4 cm³/mol. The van der Waals surface area contributed by atoms with E-state index in [-0.39, 0.29) is 17.4 Å². The highest BCUT2D eigenvalue weighted by atomic mass is 16.5. The van der Waals surface area contributed by atoms with Gasteiger partial charge in [-0.15, -0.1) is 0 Å². The number of methoxy groups -OCH3 is 1. The average Bonchev–Trinajstić information content (AvgIpc) is 2.88. The number of Topliss-reactive ketones (excluding diaryl/α,β-unsaturated/α-hetero) is 1. The number of amides is 1. The van der Waals surface area contributed by atoms with Gasteiger partial charge in [0.15, 0.2) is 12.1 Å². The number of hydrazine groups is 1. The Balaban J connectivity index is 1.92. The standard InChI is InChI=1S/C11H14N4O4/c1-19-10(18)6-3-2-5-7(8(6)16)13-11-14-12-4-15(11)9(5)17/h5-6,11-12,14H,2-4H2,1H3/t5-,6+,11+/m0/s1. The maximum Gasteiger partial charge on any atom is 0.316 e. The van der Waals surface area contributed by atoms with Crippen molar-refractivity contribution in [2.45, 2.75) is 19.1 Å². The minimum Gasteiger partial charge on any atom is -0.468 e. The molecule has 0 bridgehead atoms. The van der Waals surface area contributed by atoms with Gasteiger partial charge in [0.05, 0.1) is 25.4 Å². The first kappa shape index (κ1) is 12.2. The van der Waals surface area contributed by atoms with Crippen molar-refractivity contribution in [2.24, 2.45) is 16.8 Å². The number of aliphatic imine (C=N–C) groups is 1. The Morgan fingerprint density at radius 2 is 2.21 bits per heavy atom. The highest BCUT2D eigenvalue weighted by molar-refractivity contribution is 6.47. The molecule has 3 rings (SSSR count). The normalized spacial score (nSPS) is 33.6. The van der Waals surface area contributed by atoms with Crippen molar-refractivity contribution in [3.63, 3.8) is 0 Å². The van der Waals surface area contributed by atoms with Crippen molar-refractivity contribution in [1.82, 2.24) is 15.8 Å². The third-order valence-electron chi connectivity index (χ3n) is 3.75. The van der Waals surface area contributed by atoms with Crippen LogP contribution in [0.4, 0.5) is 0 Å². The fourth-order valence-corrected chi connectivity index (χ4v) is 2.73. The molecule has 102 valence electrons. The van der Waals surface area contributed by atoms with Gasteiger partial charge in [0, 0.05) is 0 Å². The summed E-state index contributed by atoms with van der Waals surface area (Å²) in [4.78, 5) is 41.8. The lowest BCUT2D eigenvalue weighted by molar-refractivity contribution is -0.150. The summed E-state index contributed by atoms with van der Waals surface area (Å²) in [5.41, 5.74) is 5.81. The summed E-state index contributed by atoms with van der Waals surface area (Å²) in [5, 5.41) is 0. The maximum absolute atomic E-state index is 12.2. The fourth-order valence-electron chi connectivity index (χ4n) is 2.73. The number of nitrogens with one attached hydrogen (secondary N) is 2. The van der Waals surface area contributed by atoms with Gasteiger partial charge in [-0.2, -0.15) is 0 Å². The average molecular weight is 266 g/mol.